The molecule has 3 atom stereocenters. The number of ether oxygens (including phenoxy) is 1. The summed E-state index contributed by atoms with van der Waals surface area (Å²) >= 11 is 0. The minimum absolute atomic E-state index is 0.106. The Morgan fingerprint density at radius 3 is 2.18 bits per heavy atom. The number of benzene rings is 2. The van der Waals surface area contributed by atoms with Crippen LogP contribution in [0, 0.1) is 5.92 Å². The molecule has 3 heteroatoms. The van der Waals surface area contributed by atoms with Gasteiger partial charge in [-0.05, 0) is 43.0 Å². The van der Waals surface area contributed by atoms with Crippen LogP contribution in [0.2, 0.25) is 0 Å². The fourth-order valence-corrected chi connectivity index (χ4v) is 3.74. The summed E-state index contributed by atoms with van der Waals surface area (Å²) in [5, 5.41) is 10.8. The average Bonchev–Trinajstić information content (AvgIpc) is 2.55. The van der Waals surface area contributed by atoms with Crippen molar-refractivity contribution in [1.29, 1.82) is 0 Å². The van der Waals surface area contributed by atoms with Crippen molar-refractivity contribution in [3.8, 4) is 11.5 Å². The SMILES string of the molecule is C[C@H]1CCC[C@@H](N2c3ccccc3Oc3ccccc32)[C@@H]1O. The van der Waals surface area contributed by atoms with Crippen LogP contribution in [0.3, 0.4) is 0 Å². The molecule has 0 bridgehead atoms. The summed E-state index contributed by atoms with van der Waals surface area (Å²) < 4.78 is 6.04. The van der Waals surface area contributed by atoms with Crippen LogP contribution in [0.4, 0.5) is 11.4 Å². The zero-order valence-electron chi connectivity index (χ0n) is 12.8. The van der Waals surface area contributed by atoms with E-state index < -0.39 is 0 Å². The van der Waals surface area contributed by atoms with Crippen LogP contribution >= 0.6 is 0 Å². The second kappa shape index (κ2) is 5.33. The molecule has 0 spiro atoms. The van der Waals surface area contributed by atoms with Crippen molar-refractivity contribution in [2.75, 3.05) is 4.90 Å². The largest absolute Gasteiger partial charge is 0.453 e. The van der Waals surface area contributed by atoms with Crippen LogP contribution in [0.1, 0.15) is 26.2 Å². The molecule has 4 rings (SSSR count). The maximum absolute atomic E-state index is 10.8. The van der Waals surface area contributed by atoms with E-state index in [0.717, 1.165) is 42.1 Å². The molecule has 1 N–H and O–H groups in total. The Morgan fingerprint density at radius 2 is 1.55 bits per heavy atom. The highest BCUT2D eigenvalue weighted by molar-refractivity contribution is 5.78. The third kappa shape index (κ3) is 2.08. The number of aliphatic hydroxyl groups is 1. The highest BCUT2D eigenvalue weighted by atomic mass is 16.5. The molecule has 0 saturated heterocycles. The number of fused-ring (bicyclic) bond motifs is 2. The van der Waals surface area contributed by atoms with Crippen LogP contribution < -0.4 is 9.64 Å². The molecule has 114 valence electrons. The molecule has 1 aliphatic carbocycles. The normalized spacial score (nSPS) is 26.8. The van der Waals surface area contributed by atoms with Crippen molar-refractivity contribution < 1.29 is 9.84 Å². The molecule has 0 aromatic heterocycles. The van der Waals surface area contributed by atoms with Crippen molar-refractivity contribution in [3.63, 3.8) is 0 Å². The van der Waals surface area contributed by atoms with Crippen LogP contribution in [-0.2, 0) is 0 Å². The Balaban J connectivity index is 1.84. The van der Waals surface area contributed by atoms with E-state index in [1.807, 2.05) is 36.4 Å². The van der Waals surface area contributed by atoms with Crippen LogP contribution in [0.15, 0.2) is 48.5 Å². The monoisotopic (exact) mass is 295 g/mol. The minimum atomic E-state index is -0.312. The zero-order chi connectivity index (χ0) is 15.1. The molecular formula is C19H21NO2. The summed E-state index contributed by atoms with van der Waals surface area (Å²) in [7, 11) is 0. The molecule has 1 saturated carbocycles. The molecule has 22 heavy (non-hydrogen) atoms. The molecule has 2 aliphatic rings. The lowest BCUT2D eigenvalue weighted by atomic mass is 9.82. The summed E-state index contributed by atoms with van der Waals surface area (Å²) in [5.41, 5.74) is 2.11. The first kappa shape index (κ1) is 13.6. The molecule has 2 aromatic rings. The lowest BCUT2D eigenvalue weighted by Gasteiger charge is -2.44. The number of hydrogen-bond acceptors (Lipinski definition) is 3. The summed E-state index contributed by atoms with van der Waals surface area (Å²) in [4.78, 5) is 2.29. The maximum atomic E-state index is 10.8. The standard InChI is InChI=1S/C19H21NO2/c1-13-7-6-10-16(19(13)21)20-14-8-2-4-11-17(14)22-18-12-5-3-9-15(18)20/h2-5,8-9,11-13,16,19,21H,6-7,10H2,1H3/t13-,16+,19+/m0/s1. The van der Waals surface area contributed by atoms with Gasteiger partial charge in [-0.1, -0.05) is 37.6 Å². The van der Waals surface area contributed by atoms with Gasteiger partial charge in [0.1, 0.15) is 0 Å². The molecular weight excluding hydrogens is 274 g/mol. The van der Waals surface area contributed by atoms with E-state index in [4.69, 9.17) is 4.74 Å². The van der Waals surface area contributed by atoms with Gasteiger partial charge >= 0.3 is 0 Å². The van der Waals surface area contributed by atoms with Gasteiger partial charge in [0.05, 0.1) is 23.5 Å². The molecule has 1 fully saturated rings. The number of rotatable bonds is 1. The maximum Gasteiger partial charge on any atom is 0.151 e. The predicted octanol–water partition coefficient (Wildman–Crippen LogP) is 4.48. The van der Waals surface area contributed by atoms with Crippen molar-refractivity contribution in [3.05, 3.63) is 48.5 Å². The average molecular weight is 295 g/mol. The van der Waals surface area contributed by atoms with Crippen molar-refractivity contribution in [2.45, 2.75) is 38.3 Å². The van der Waals surface area contributed by atoms with Gasteiger partial charge in [0.2, 0.25) is 0 Å². The van der Waals surface area contributed by atoms with Gasteiger partial charge < -0.3 is 14.7 Å². The first-order valence-electron chi connectivity index (χ1n) is 8.09. The summed E-state index contributed by atoms with van der Waals surface area (Å²) in [6, 6.07) is 16.3. The lowest BCUT2D eigenvalue weighted by Crippen LogP contribution is -2.47. The smallest absolute Gasteiger partial charge is 0.151 e. The Labute approximate surface area is 131 Å². The van der Waals surface area contributed by atoms with Gasteiger partial charge in [0, 0.05) is 0 Å². The minimum Gasteiger partial charge on any atom is -0.453 e. The van der Waals surface area contributed by atoms with Crippen LogP contribution in [0.5, 0.6) is 11.5 Å². The molecule has 0 radical (unpaired) electrons. The number of para-hydroxylation sites is 4. The molecule has 0 unspecified atom stereocenters. The molecule has 1 aliphatic heterocycles. The van der Waals surface area contributed by atoms with Gasteiger partial charge in [-0.25, -0.2) is 0 Å². The Bertz CT molecular complexity index is 639. The predicted molar refractivity (Wildman–Crippen MR) is 87.9 cm³/mol. The lowest BCUT2D eigenvalue weighted by molar-refractivity contribution is 0.0597. The Kier molecular flexibility index (Phi) is 3.30. The molecule has 1 heterocycles. The number of nitrogens with zero attached hydrogens (tertiary/aromatic N) is 1. The van der Waals surface area contributed by atoms with Gasteiger partial charge in [-0.15, -0.1) is 0 Å². The van der Waals surface area contributed by atoms with Crippen molar-refractivity contribution in [2.24, 2.45) is 5.92 Å². The number of anilines is 2. The molecule has 3 nitrogen and oxygen atoms in total. The number of aliphatic hydroxyl groups excluding tert-OH is 1. The quantitative estimate of drug-likeness (QED) is 0.842. The second-order valence-corrected chi connectivity index (χ2v) is 6.37. The van der Waals surface area contributed by atoms with E-state index in [1.54, 1.807) is 0 Å². The fourth-order valence-electron chi connectivity index (χ4n) is 3.74. The topological polar surface area (TPSA) is 32.7 Å². The zero-order valence-corrected chi connectivity index (χ0v) is 12.8. The van der Waals surface area contributed by atoms with Crippen molar-refractivity contribution in [1.82, 2.24) is 0 Å². The summed E-state index contributed by atoms with van der Waals surface area (Å²) in [6.07, 6.45) is 2.96. The molecule has 0 amide bonds. The third-order valence-corrected chi connectivity index (χ3v) is 4.94. The second-order valence-electron chi connectivity index (χ2n) is 6.37. The molecule has 2 aromatic carbocycles. The van der Waals surface area contributed by atoms with Crippen LogP contribution in [-0.4, -0.2) is 17.3 Å². The number of hydrogen-bond donors (Lipinski definition) is 1. The van der Waals surface area contributed by atoms with E-state index in [2.05, 4.69) is 24.0 Å². The van der Waals surface area contributed by atoms with Gasteiger partial charge in [-0.2, -0.15) is 0 Å². The first-order chi connectivity index (χ1) is 10.8. The van der Waals surface area contributed by atoms with Gasteiger partial charge in [0.25, 0.3) is 0 Å². The Morgan fingerprint density at radius 1 is 0.955 bits per heavy atom. The van der Waals surface area contributed by atoms with E-state index >= 15 is 0 Å². The van der Waals surface area contributed by atoms with E-state index in [0.29, 0.717) is 5.92 Å². The fraction of sp³-hybridized carbons (Fsp3) is 0.368. The van der Waals surface area contributed by atoms with Gasteiger partial charge in [-0.3, -0.25) is 0 Å². The Hall–Kier alpha value is -2.00. The highest BCUT2D eigenvalue weighted by Gasteiger charge is 2.37. The van der Waals surface area contributed by atoms with Crippen molar-refractivity contribution >= 4 is 11.4 Å². The van der Waals surface area contributed by atoms with E-state index in [1.165, 1.54) is 0 Å². The van der Waals surface area contributed by atoms with Gasteiger partial charge in [0.15, 0.2) is 11.5 Å². The summed E-state index contributed by atoms with van der Waals surface area (Å²) in [5.74, 6) is 2.07. The van der Waals surface area contributed by atoms with E-state index in [-0.39, 0.29) is 12.1 Å². The third-order valence-electron chi connectivity index (χ3n) is 4.94. The first-order valence-corrected chi connectivity index (χ1v) is 8.09. The highest BCUT2D eigenvalue weighted by Crippen LogP contribution is 2.49. The van der Waals surface area contributed by atoms with E-state index in [9.17, 15) is 5.11 Å². The van der Waals surface area contributed by atoms with Crippen LogP contribution in [0.25, 0.3) is 0 Å². The summed E-state index contributed by atoms with van der Waals surface area (Å²) in [6.45, 7) is 2.15.